The Morgan fingerprint density at radius 1 is 1.53 bits per heavy atom. The molecule has 19 heavy (non-hydrogen) atoms. The van der Waals surface area contributed by atoms with E-state index in [1.54, 1.807) is 7.11 Å². The molecule has 106 valence electrons. The zero-order valence-electron chi connectivity index (χ0n) is 11.6. The van der Waals surface area contributed by atoms with Gasteiger partial charge in [0.1, 0.15) is 0 Å². The van der Waals surface area contributed by atoms with Gasteiger partial charge in [-0.25, -0.2) is 0 Å². The van der Waals surface area contributed by atoms with Crippen molar-refractivity contribution in [1.29, 1.82) is 0 Å². The Balaban J connectivity index is 1.99. The van der Waals surface area contributed by atoms with Crippen LogP contribution >= 0.6 is 0 Å². The van der Waals surface area contributed by atoms with Crippen LogP contribution < -0.4 is 5.73 Å². The average Bonchev–Trinajstić information content (AvgIpc) is 2.80. The van der Waals surface area contributed by atoms with Gasteiger partial charge in [-0.3, -0.25) is 9.89 Å². The molecule has 3 N–H and O–H groups in total. The molecule has 6 heteroatoms. The monoisotopic (exact) mass is 266 g/mol. The summed E-state index contributed by atoms with van der Waals surface area (Å²) in [6, 6.07) is 0. The number of nitrogens with one attached hydrogen (secondary N) is 1. The van der Waals surface area contributed by atoms with Gasteiger partial charge in [-0.2, -0.15) is 5.10 Å². The Kier molecular flexibility index (Phi) is 4.42. The van der Waals surface area contributed by atoms with E-state index in [1.165, 1.54) is 0 Å². The standard InChI is InChI=1S/C13H22N4O2/c1-3-10-11(14)12(16-15-10)13(18)17-6-4-9(5-7-17)8-19-2/h9H,3-8,14H2,1-2H3,(H,15,16). The number of methoxy groups -OCH3 is 1. The summed E-state index contributed by atoms with van der Waals surface area (Å²) in [5.41, 5.74) is 7.62. The lowest BCUT2D eigenvalue weighted by molar-refractivity contribution is 0.0609. The van der Waals surface area contributed by atoms with E-state index in [9.17, 15) is 4.79 Å². The minimum atomic E-state index is -0.0654. The molecule has 2 heterocycles. The number of hydrogen-bond acceptors (Lipinski definition) is 4. The van der Waals surface area contributed by atoms with Crippen LogP contribution in [0.2, 0.25) is 0 Å². The number of nitrogens with two attached hydrogens (primary N) is 1. The van der Waals surface area contributed by atoms with Crippen LogP contribution in [0, 0.1) is 5.92 Å². The molecule has 0 saturated carbocycles. The first kappa shape index (κ1) is 13.9. The number of piperidine rings is 1. The van der Waals surface area contributed by atoms with Gasteiger partial charge < -0.3 is 15.4 Å². The average molecular weight is 266 g/mol. The normalized spacial score (nSPS) is 16.8. The molecule has 0 aromatic carbocycles. The third-order valence-corrected chi connectivity index (χ3v) is 3.74. The highest BCUT2D eigenvalue weighted by molar-refractivity contribution is 5.97. The van der Waals surface area contributed by atoms with Crippen LogP contribution in [0.1, 0.15) is 35.9 Å². The zero-order valence-corrected chi connectivity index (χ0v) is 11.6. The van der Waals surface area contributed by atoms with E-state index in [0.29, 0.717) is 17.3 Å². The predicted octanol–water partition coefficient (Wildman–Crippen LogP) is 1.05. The van der Waals surface area contributed by atoms with Gasteiger partial charge in [0.25, 0.3) is 5.91 Å². The maximum atomic E-state index is 12.3. The molecule has 1 fully saturated rings. The van der Waals surface area contributed by atoms with E-state index in [2.05, 4.69) is 10.2 Å². The molecule has 1 saturated heterocycles. The summed E-state index contributed by atoms with van der Waals surface area (Å²) < 4.78 is 5.16. The lowest BCUT2D eigenvalue weighted by Gasteiger charge is -2.31. The largest absolute Gasteiger partial charge is 0.395 e. The number of aromatic nitrogens is 2. The second kappa shape index (κ2) is 6.06. The second-order valence-corrected chi connectivity index (χ2v) is 5.01. The van der Waals surface area contributed by atoms with Crippen molar-refractivity contribution in [2.24, 2.45) is 5.92 Å². The van der Waals surface area contributed by atoms with Gasteiger partial charge in [-0.15, -0.1) is 0 Å². The van der Waals surface area contributed by atoms with Crippen LogP contribution in [0.4, 0.5) is 5.69 Å². The minimum Gasteiger partial charge on any atom is -0.395 e. The van der Waals surface area contributed by atoms with Gasteiger partial charge in [0, 0.05) is 26.8 Å². The van der Waals surface area contributed by atoms with Gasteiger partial charge >= 0.3 is 0 Å². The highest BCUT2D eigenvalue weighted by Gasteiger charge is 2.26. The van der Waals surface area contributed by atoms with Gasteiger partial charge in [0.05, 0.1) is 11.4 Å². The number of amides is 1. The number of hydrogen-bond donors (Lipinski definition) is 2. The quantitative estimate of drug-likeness (QED) is 0.853. The number of H-pyrrole nitrogens is 1. The molecule has 1 amide bonds. The smallest absolute Gasteiger partial charge is 0.276 e. The van der Waals surface area contributed by atoms with Crippen molar-refractivity contribution in [3.8, 4) is 0 Å². The number of anilines is 1. The van der Waals surface area contributed by atoms with Crippen LogP contribution in [0.25, 0.3) is 0 Å². The predicted molar refractivity (Wildman–Crippen MR) is 72.9 cm³/mol. The molecule has 0 unspecified atom stereocenters. The number of nitrogens with zero attached hydrogens (tertiary/aromatic N) is 2. The van der Waals surface area contributed by atoms with E-state index in [0.717, 1.165) is 44.7 Å². The van der Waals surface area contributed by atoms with Crippen molar-refractivity contribution in [2.75, 3.05) is 32.5 Å². The fourth-order valence-electron chi connectivity index (χ4n) is 2.51. The van der Waals surface area contributed by atoms with Crippen LogP contribution in [0.3, 0.4) is 0 Å². The fourth-order valence-corrected chi connectivity index (χ4v) is 2.51. The molecule has 1 aliphatic heterocycles. The first-order valence-electron chi connectivity index (χ1n) is 6.78. The summed E-state index contributed by atoms with van der Waals surface area (Å²) in [5.74, 6) is 0.487. The molecule has 1 aliphatic rings. The summed E-state index contributed by atoms with van der Waals surface area (Å²) in [6.07, 6.45) is 2.71. The van der Waals surface area contributed by atoms with Crippen molar-refractivity contribution < 1.29 is 9.53 Å². The molecular formula is C13H22N4O2. The lowest BCUT2D eigenvalue weighted by atomic mass is 9.97. The van der Waals surface area contributed by atoms with E-state index in [-0.39, 0.29) is 5.91 Å². The van der Waals surface area contributed by atoms with Crippen LogP contribution in [0.15, 0.2) is 0 Å². The molecule has 1 aromatic heterocycles. The van der Waals surface area contributed by atoms with Gasteiger partial charge in [-0.05, 0) is 25.2 Å². The number of likely N-dealkylation sites (tertiary alicyclic amines) is 1. The number of rotatable bonds is 4. The molecule has 0 radical (unpaired) electrons. The Hall–Kier alpha value is -1.56. The molecule has 0 aliphatic carbocycles. The van der Waals surface area contributed by atoms with Crippen molar-refractivity contribution in [1.82, 2.24) is 15.1 Å². The van der Waals surface area contributed by atoms with E-state index < -0.39 is 0 Å². The number of aromatic amines is 1. The third-order valence-electron chi connectivity index (χ3n) is 3.74. The number of carbonyl (C=O) groups excluding carboxylic acids is 1. The maximum Gasteiger partial charge on any atom is 0.276 e. The van der Waals surface area contributed by atoms with Crippen molar-refractivity contribution in [3.63, 3.8) is 0 Å². The Morgan fingerprint density at radius 3 is 2.74 bits per heavy atom. The molecule has 6 nitrogen and oxygen atoms in total. The Labute approximate surface area is 113 Å². The highest BCUT2D eigenvalue weighted by Crippen LogP contribution is 2.21. The van der Waals surface area contributed by atoms with Crippen LogP contribution in [0.5, 0.6) is 0 Å². The topological polar surface area (TPSA) is 84.2 Å². The molecular weight excluding hydrogens is 244 g/mol. The first-order valence-corrected chi connectivity index (χ1v) is 6.78. The minimum absolute atomic E-state index is 0.0654. The lowest BCUT2D eigenvalue weighted by Crippen LogP contribution is -2.39. The van der Waals surface area contributed by atoms with Gasteiger partial charge in [0.15, 0.2) is 5.69 Å². The first-order chi connectivity index (χ1) is 9.17. The molecule has 1 aromatic rings. The number of aryl methyl sites for hydroxylation is 1. The molecule has 0 spiro atoms. The van der Waals surface area contributed by atoms with Crippen molar-refractivity contribution >= 4 is 11.6 Å². The van der Waals surface area contributed by atoms with Gasteiger partial charge in [-0.1, -0.05) is 6.92 Å². The number of nitrogen functional groups attached to an aromatic ring is 1. The summed E-state index contributed by atoms with van der Waals surface area (Å²) in [5, 5.41) is 6.88. The summed E-state index contributed by atoms with van der Waals surface area (Å²) in [6.45, 7) is 4.25. The van der Waals surface area contributed by atoms with Gasteiger partial charge in [0.2, 0.25) is 0 Å². The summed E-state index contributed by atoms with van der Waals surface area (Å²) in [4.78, 5) is 14.2. The Morgan fingerprint density at radius 2 is 2.21 bits per heavy atom. The number of carbonyl (C=O) groups is 1. The highest BCUT2D eigenvalue weighted by atomic mass is 16.5. The molecule has 0 bridgehead atoms. The summed E-state index contributed by atoms with van der Waals surface area (Å²) in [7, 11) is 1.72. The second-order valence-electron chi connectivity index (χ2n) is 5.01. The molecule has 2 rings (SSSR count). The Bertz CT molecular complexity index is 436. The van der Waals surface area contributed by atoms with Crippen LogP contribution in [-0.4, -0.2) is 47.8 Å². The van der Waals surface area contributed by atoms with E-state index in [4.69, 9.17) is 10.5 Å². The van der Waals surface area contributed by atoms with E-state index >= 15 is 0 Å². The van der Waals surface area contributed by atoms with Crippen LogP contribution in [-0.2, 0) is 11.2 Å². The summed E-state index contributed by atoms with van der Waals surface area (Å²) >= 11 is 0. The number of ether oxygens (including phenoxy) is 1. The maximum absolute atomic E-state index is 12.3. The van der Waals surface area contributed by atoms with Crippen molar-refractivity contribution in [2.45, 2.75) is 26.2 Å². The van der Waals surface area contributed by atoms with E-state index in [1.807, 2.05) is 11.8 Å². The molecule has 0 atom stereocenters. The third kappa shape index (κ3) is 2.89. The fraction of sp³-hybridized carbons (Fsp3) is 0.692. The zero-order chi connectivity index (χ0) is 13.8. The SMILES string of the molecule is CCc1[nH]nc(C(=O)N2CCC(COC)CC2)c1N. The van der Waals surface area contributed by atoms with Crippen molar-refractivity contribution in [3.05, 3.63) is 11.4 Å².